The molecule has 6 nitrogen and oxygen atoms in total. The average Bonchev–Trinajstić information content (AvgIpc) is 2.86. The second-order valence-corrected chi connectivity index (χ2v) is 5.27. The molecule has 0 saturated carbocycles. The number of nitrogens with two attached hydrogens (primary N) is 1. The number of hydrogen-bond donors (Lipinski definition) is 2. The van der Waals surface area contributed by atoms with Crippen molar-refractivity contribution in [2.75, 3.05) is 11.9 Å². The van der Waals surface area contributed by atoms with Crippen molar-refractivity contribution in [1.82, 2.24) is 15.0 Å². The number of hydrogen-bond acceptors (Lipinski definition) is 4. The molecule has 2 aromatic rings. The van der Waals surface area contributed by atoms with E-state index in [9.17, 15) is 4.79 Å². The molecule has 0 aliphatic heterocycles. The molecule has 0 spiro atoms. The molecule has 0 aliphatic carbocycles. The van der Waals surface area contributed by atoms with Crippen LogP contribution >= 0.6 is 15.9 Å². The van der Waals surface area contributed by atoms with E-state index in [0.29, 0.717) is 6.54 Å². The molecule has 0 atom stereocenters. The number of aryl methyl sites for hydroxylation is 1. The van der Waals surface area contributed by atoms with Crippen LogP contribution in [0.25, 0.3) is 0 Å². The van der Waals surface area contributed by atoms with Crippen molar-refractivity contribution in [3.8, 4) is 0 Å². The highest BCUT2D eigenvalue weighted by Crippen LogP contribution is 2.14. The number of carbonyl (C=O) groups excluding carboxylic acids is 1. The fourth-order valence-electron chi connectivity index (χ4n) is 1.69. The van der Waals surface area contributed by atoms with Crippen LogP contribution in [0.5, 0.6) is 0 Å². The van der Waals surface area contributed by atoms with Crippen LogP contribution < -0.4 is 11.1 Å². The van der Waals surface area contributed by atoms with Crippen LogP contribution in [0.3, 0.4) is 0 Å². The van der Waals surface area contributed by atoms with Crippen molar-refractivity contribution in [2.24, 2.45) is 5.73 Å². The summed E-state index contributed by atoms with van der Waals surface area (Å²) in [5, 5.41) is 10.7. The van der Waals surface area contributed by atoms with Crippen LogP contribution in [0.2, 0.25) is 0 Å². The summed E-state index contributed by atoms with van der Waals surface area (Å²) < 4.78 is 2.50. The van der Waals surface area contributed by atoms with Gasteiger partial charge in [0.2, 0.25) is 5.91 Å². The summed E-state index contributed by atoms with van der Waals surface area (Å²) >= 11 is 3.34. The Kier molecular flexibility index (Phi) is 5.25. The van der Waals surface area contributed by atoms with Gasteiger partial charge in [-0.3, -0.25) is 4.79 Å². The molecule has 0 radical (unpaired) electrons. The number of aromatic nitrogens is 3. The molecule has 1 heterocycles. The number of benzene rings is 1. The smallest absolute Gasteiger partial charge is 0.246 e. The number of amides is 1. The summed E-state index contributed by atoms with van der Waals surface area (Å²) in [4.78, 5) is 11.9. The van der Waals surface area contributed by atoms with Crippen LogP contribution in [-0.4, -0.2) is 27.4 Å². The van der Waals surface area contributed by atoms with E-state index >= 15 is 0 Å². The third-order valence-electron chi connectivity index (χ3n) is 2.66. The largest absolute Gasteiger partial charge is 0.330 e. The Morgan fingerprint density at radius 3 is 2.80 bits per heavy atom. The van der Waals surface area contributed by atoms with Gasteiger partial charge in [-0.2, -0.15) is 0 Å². The molecule has 0 unspecified atom stereocenters. The maximum Gasteiger partial charge on any atom is 0.246 e. The highest BCUT2D eigenvalue weighted by Gasteiger charge is 2.06. The molecule has 7 heteroatoms. The van der Waals surface area contributed by atoms with E-state index in [-0.39, 0.29) is 12.5 Å². The number of anilines is 1. The van der Waals surface area contributed by atoms with E-state index in [0.717, 1.165) is 28.7 Å². The van der Waals surface area contributed by atoms with Crippen molar-refractivity contribution in [3.63, 3.8) is 0 Å². The zero-order valence-electron chi connectivity index (χ0n) is 10.9. The molecule has 3 N–H and O–H groups in total. The molecule has 1 aromatic heterocycles. The van der Waals surface area contributed by atoms with Crippen molar-refractivity contribution in [3.05, 3.63) is 40.6 Å². The predicted octanol–water partition coefficient (Wildman–Crippen LogP) is 1.57. The number of halogens is 1. The maximum absolute atomic E-state index is 11.9. The van der Waals surface area contributed by atoms with E-state index < -0.39 is 0 Å². The summed E-state index contributed by atoms with van der Waals surface area (Å²) in [6.07, 6.45) is 3.42. The number of nitrogens with zero attached hydrogens (tertiary/aromatic N) is 3. The van der Waals surface area contributed by atoms with Crippen molar-refractivity contribution >= 4 is 27.5 Å². The number of nitrogens with one attached hydrogen (secondary N) is 1. The number of rotatable bonds is 6. The summed E-state index contributed by atoms with van der Waals surface area (Å²) in [6.45, 7) is 0.766. The van der Waals surface area contributed by atoms with Gasteiger partial charge in [-0.1, -0.05) is 21.1 Å². The van der Waals surface area contributed by atoms with Crippen LogP contribution in [0, 0.1) is 0 Å². The fraction of sp³-hybridized carbons (Fsp3) is 0.308. The second kappa shape index (κ2) is 7.16. The van der Waals surface area contributed by atoms with Crippen LogP contribution in [0.15, 0.2) is 34.9 Å². The Hall–Kier alpha value is -1.73. The summed E-state index contributed by atoms with van der Waals surface area (Å²) in [5.74, 6) is -0.136. The highest BCUT2D eigenvalue weighted by molar-refractivity contribution is 9.10. The third-order valence-corrected chi connectivity index (χ3v) is 3.19. The minimum Gasteiger partial charge on any atom is -0.330 e. The van der Waals surface area contributed by atoms with Gasteiger partial charge in [0.1, 0.15) is 6.54 Å². The molecule has 1 aromatic carbocycles. The topological polar surface area (TPSA) is 85.8 Å². The first-order chi connectivity index (χ1) is 9.67. The van der Waals surface area contributed by atoms with Gasteiger partial charge in [0.15, 0.2) is 0 Å². The molecule has 0 bridgehead atoms. The summed E-state index contributed by atoms with van der Waals surface area (Å²) in [6, 6.07) is 7.40. The molecule has 20 heavy (non-hydrogen) atoms. The first-order valence-electron chi connectivity index (χ1n) is 6.32. The molecule has 0 saturated heterocycles. The first-order valence-corrected chi connectivity index (χ1v) is 7.11. The van der Waals surface area contributed by atoms with Crippen molar-refractivity contribution in [1.29, 1.82) is 0 Å². The van der Waals surface area contributed by atoms with E-state index in [1.807, 2.05) is 24.3 Å². The lowest BCUT2D eigenvalue weighted by atomic mass is 10.2. The van der Waals surface area contributed by atoms with Gasteiger partial charge >= 0.3 is 0 Å². The maximum atomic E-state index is 11.9. The van der Waals surface area contributed by atoms with Crippen LogP contribution in [-0.2, 0) is 17.8 Å². The summed E-state index contributed by atoms with van der Waals surface area (Å²) in [5.41, 5.74) is 7.04. The zero-order chi connectivity index (χ0) is 14.4. The Bertz CT molecular complexity index is 566. The predicted molar refractivity (Wildman–Crippen MR) is 80.2 cm³/mol. The minimum absolute atomic E-state index is 0.136. The van der Waals surface area contributed by atoms with E-state index in [4.69, 9.17) is 5.73 Å². The van der Waals surface area contributed by atoms with Gasteiger partial charge in [-0.15, -0.1) is 5.10 Å². The van der Waals surface area contributed by atoms with Crippen molar-refractivity contribution in [2.45, 2.75) is 19.4 Å². The average molecular weight is 338 g/mol. The lowest BCUT2D eigenvalue weighted by Crippen LogP contribution is -2.19. The Labute approximate surface area is 125 Å². The van der Waals surface area contributed by atoms with Gasteiger partial charge in [0.25, 0.3) is 0 Å². The molecule has 1 amide bonds. The molecular weight excluding hydrogens is 322 g/mol. The molecular formula is C13H16BrN5O. The highest BCUT2D eigenvalue weighted by atomic mass is 79.9. The minimum atomic E-state index is -0.136. The Morgan fingerprint density at radius 1 is 1.35 bits per heavy atom. The van der Waals surface area contributed by atoms with Gasteiger partial charge in [0.05, 0.1) is 5.69 Å². The Balaban J connectivity index is 1.87. The van der Waals surface area contributed by atoms with Gasteiger partial charge in [-0.25, -0.2) is 4.68 Å². The standard InChI is InChI=1S/C13H16BrN5O/c14-10-3-5-11(6-4-10)16-13(20)9-19-8-12(17-18-19)2-1-7-15/h3-6,8H,1-2,7,9,15H2,(H,16,20). The Morgan fingerprint density at radius 2 is 2.10 bits per heavy atom. The van der Waals surface area contributed by atoms with Crippen LogP contribution in [0.1, 0.15) is 12.1 Å². The normalized spacial score (nSPS) is 10.5. The quantitative estimate of drug-likeness (QED) is 0.837. The van der Waals surface area contributed by atoms with E-state index in [1.165, 1.54) is 4.68 Å². The summed E-state index contributed by atoms with van der Waals surface area (Å²) in [7, 11) is 0. The SMILES string of the molecule is NCCCc1cn(CC(=O)Nc2ccc(Br)cc2)nn1. The van der Waals surface area contributed by atoms with Gasteiger partial charge in [-0.05, 0) is 43.7 Å². The molecule has 0 fully saturated rings. The molecule has 106 valence electrons. The van der Waals surface area contributed by atoms with E-state index in [1.54, 1.807) is 6.20 Å². The first kappa shape index (κ1) is 14.7. The van der Waals surface area contributed by atoms with E-state index in [2.05, 4.69) is 31.6 Å². The van der Waals surface area contributed by atoms with Crippen LogP contribution in [0.4, 0.5) is 5.69 Å². The lowest BCUT2D eigenvalue weighted by Gasteiger charge is -2.04. The van der Waals surface area contributed by atoms with Crippen molar-refractivity contribution < 1.29 is 4.79 Å². The zero-order valence-corrected chi connectivity index (χ0v) is 12.5. The van der Waals surface area contributed by atoms with Gasteiger partial charge < -0.3 is 11.1 Å². The number of carbonyl (C=O) groups is 1. The third kappa shape index (κ3) is 4.43. The lowest BCUT2D eigenvalue weighted by molar-refractivity contribution is -0.116. The molecule has 2 rings (SSSR count). The second-order valence-electron chi connectivity index (χ2n) is 4.35. The monoisotopic (exact) mass is 337 g/mol. The van der Waals surface area contributed by atoms with Gasteiger partial charge in [0, 0.05) is 16.4 Å². The fourth-order valence-corrected chi connectivity index (χ4v) is 1.96. The molecule has 0 aliphatic rings.